The third kappa shape index (κ3) is 1.45. The molecular formula is C16H18O2. The summed E-state index contributed by atoms with van der Waals surface area (Å²) < 4.78 is 5.52. The molecule has 0 spiro atoms. The smallest absolute Gasteiger partial charge is 0.121 e. The molecule has 4 rings (SSSR count). The monoisotopic (exact) mass is 242 g/mol. The van der Waals surface area contributed by atoms with Gasteiger partial charge in [0.05, 0.1) is 6.61 Å². The van der Waals surface area contributed by atoms with Crippen molar-refractivity contribution in [3.8, 4) is 0 Å². The molecule has 1 aliphatic heterocycles. The first-order valence-electron chi connectivity index (χ1n) is 6.95. The molecule has 18 heavy (non-hydrogen) atoms. The van der Waals surface area contributed by atoms with Crippen LogP contribution in [0, 0.1) is 11.8 Å². The number of hydrogen-bond acceptors (Lipinski definition) is 2. The molecule has 1 aromatic carbocycles. The molecule has 3 aliphatic rings. The first kappa shape index (κ1) is 10.6. The number of aliphatic hydroxyl groups is 1. The lowest BCUT2D eigenvalue weighted by atomic mass is 9.92. The molecule has 1 fully saturated rings. The van der Waals surface area contributed by atoms with Crippen LogP contribution in [0.15, 0.2) is 36.1 Å². The average molecular weight is 242 g/mol. The third-order valence-corrected chi connectivity index (χ3v) is 4.78. The minimum atomic E-state index is -0.381. The lowest BCUT2D eigenvalue weighted by Gasteiger charge is -2.13. The first-order chi connectivity index (χ1) is 8.86. The van der Waals surface area contributed by atoms with E-state index in [0.717, 1.165) is 18.8 Å². The summed E-state index contributed by atoms with van der Waals surface area (Å²) >= 11 is 0. The van der Waals surface area contributed by atoms with Crippen LogP contribution in [0.3, 0.4) is 0 Å². The van der Waals surface area contributed by atoms with E-state index >= 15 is 0 Å². The molecule has 0 radical (unpaired) electrons. The second-order valence-electron chi connectivity index (χ2n) is 5.69. The number of benzene rings is 1. The molecule has 0 aromatic heterocycles. The Labute approximate surface area is 107 Å². The lowest BCUT2D eigenvalue weighted by Crippen LogP contribution is -2.15. The van der Waals surface area contributed by atoms with Crippen molar-refractivity contribution in [1.82, 2.24) is 0 Å². The zero-order valence-electron chi connectivity index (χ0n) is 10.4. The third-order valence-electron chi connectivity index (χ3n) is 4.78. The Bertz CT molecular complexity index is 506. The summed E-state index contributed by atoms with van der Waals surface area (Å²) in [7, 11) is 0. The summed E-state index contributed by atoms with van der Waals surface area (Å²) in [6.07, 6.45) is 5.01. The predicted molar refractivity (Wildman–Crippen MR) is 69.1 cm³/mol. The minimum absolute atomic E-state index is 0.381. The van der Waals surface area contributed by atoms with Crippen molar-refractivity contribution in [2.24, 2.45) is 11.8 Å². The van der Waals surface area contributed by atoms with E-state index in [1.165, 1.54) is 24.0 Å². The van der Waals surface area contributed by atoms with Crippen molar-refractivity contribution in [2.75, 3.05) is 6.61 Å². The fourth-order valence-electron chi connectivity index (χ4n) is 3.88. The Morgan fingerprint density at radius 3 is 3.00 bits per heavy atom. The van der Waals surface area contributed by atoms with Crippen LogP contribution in [-0.4, -0.2) is 17.8 Å². The Hall–Kier alpha value is -1.28. The highest BCUT2D eigenvalue weighted by Crippen LogP contribution is 2.62. The van der Waals surface area contributed by atoms with Gasteiger partial charge in [-0.2, -0.15) is 0 Å². The number of aryl methyl sites for hydroxylation is 1. The molecule has 2 nitrogen and oxygen atoms in total. The molecular weight excluding hydrogens is 224 g/mol. The maximum Gasteiger partial charge on any atom is 0.121 e. The van der Waals surface area contributed by atoms with Crippen LogP contribution in [0.2, 0.25) is 0 Å². The topological polar surface area (TPSA) is 29.5 Å². The zero-order chi connectivity index (χ0) is 12.1. The summed E-state index contributed by atoms with van der Waals surface area (Å²) in [4.78, 5) is 0. The summed E-state index contributed by atoms with van der Waals surface area (Å²) in [6.45, 7) is 0.741. The van der Waals surface area contributed by atoms with Gasteiger partial charge in [-0.05, 0) is 41.9 Å². The van der Waals surface area contributed by atoms with Crippen LogP contribution in [0.25, 0.3) is 0 Å². The van der Waals surface area contributed by atoms with Gasteiger partial charge in [0.25, 0.3) is 0 Å². The second kappa shape index (κ2) is 3.86. The van der Waals surface area contributed by atoms with Crippen LogP contribution in [0.5, 0.6) is 0 Å². The molecule has 94 valence electrons. The Kier molecular flexibility index (Phi) is 2.28. The summed E-state index contributed by atoms with van der Waals surface area (Å²) in [5.41, 5.74) is 2.95. The lowest BCUT2D eigenvalue weighted by molar-refractivity contribution is 0.0977. The number of rotatable bonds is 2. The number of hydrogen-bond donors (Lipinski definition) is 1. The van der Waals surface area contributed by atoms with E-state index in [2.05, 4.69) is 30.3 Å². The quantitative estimate of drug-likeness (QED) is 0.864. The normalized spacial score (nSPS) is 34.1. The molecule has 4 atom stereocenters. The van der Waals surface area contributed by atoms with E-state index in [9.17, 15) is 5.11 Å². The van der Waals surface area contributed by atoms with Gasteiger partial charge in [0, 0.05) is 12.3 Å². The highest BCUT2D eigenvalue weighted by atomic mass is 16.5. The van der Waals surface area contributed by atoms with Gasteiger partial charge < -0.3 is 9.84 Å². The van der Waals surface area contributed by atoms with E-state index in [-0.39, 0.29) is 6.10 Å². The Morgan fingerprint density at radius 1 is 1.28 bits per heavy atom. The van der Waals surface area contributed by atoms with E-state index in [1.54, 1.807) is 0 Å². The summed E-state index contributed by atoms with van der Waals surface area (Å²) in [5.74, 6) is 2.44. The number of fused-ring (bicyclic) bond motifs is 3. The molecule has 1 aromatic rings. The first-order valence-corrected chi connectivity index (χ1v) is 6.95. The van der Waals surface area contributed by atoms with Gasteiger partial charge >= 0.3 is 0 Å². The maximum absolute atomic E-state index is 10.5. The van der Waals surface area contributed by atoms with E-state index in [1.807, 2.05) is 0 Å². The largest absolute Gasteiger partial charge is 0.495 e. The highest BCUT2D eigenvalue weighted by Gasteiger charge is 2.57. The minimum Gasteiger partial charge on any atom is -0.495 e. The fourth-order valence-corrected chi connectivity index (χ4v) is 3.88. The Balaban J connectivity index is 1.61. The molecule has 1 N–H and O–H groups in total. The van der Waals surface area contributed by atoms with Gasteiger partial charge in [0.1, 0.15) is 11.9 Å². The van der Waals surface area contributed by atoms with Gasteiger partial charge in [-0.3, -0.25) is 0 Å². The van der Waals surface area contributed by atoms with E-state index in [0.29, 0.717) is 17.8 Å². The summed E-state index contributed by atoms with van der Waals surface area (Å²) in [5, 5.41) is 10.5. The number of aliphatic hydroxyl groups excluding tert-OH is 1. The molecule has 0 bridgehead atoms. The van der Waals surface area contributed by atoms with Gasteiger partial charge in [0.2, 0.25) is 0 Å². The van der Waals surface area contributed by atoms with Crippen LogP contribution in [-0.2, 0) is 11.2 Å². The maximum atomic E-state index is 10.5. The van der Waals surface area contributed by atoms with Crippen molar-refractivity contribution in [2.45, 2.75) is 31.3 Å². The number of ether oxygens (including phenoxy) is 1. The van der Waals surface area contributed by atoms with Crippen molar-refractivity contribution in [3.05, 3.63) is 47.2 Å². The van der Waals surface area contributed by atoms with Gasteiger partial charge in [-0.1, -0.05) is 24.3 Å². The molecule has 0 saturated heterocycles. The molecule has 4 unspecified atom stereocenters. The molecule has 2 heteroatoms. The fraction of sp³-hybridized carbons (Fsp3) is 0.500. The molecule has 0 amide bonds. The van der Waals surface area contributed by atoms with Crippen LogP contribution in [0.1, 0.15) is 29.9 Å². The molecule has 2 aliphatic carbocycles. The van der Waals surface area contributed by atoms with Crippen LogP contribution >= 0.6 is 0 Å². The zero-order valence-corrected chi connectivity index (χ0v) is 10.4. The average Bonchev–Trinajstić information content (AvgIpc) is 2.89. The van der Waals surface area contributed by atoms with Gasteiger partial charge in [-0.25, -0.2) is 0 Å². The molecule has 1 saturated carbocycles. The van der Waals surface area contributed by atoms with Crippen molar-refractivity contribution in [3.63, 3.8) is 0 Å². The van der Waals surface area contributed by atoms with Crippen LogP contribution < -0.4 is 0 Å². The highest BCUT2D eigenvalue weighted by molar-refractivity contribution is 5.40. The van der Waals surface area contributed by atoms with Crippen LogP contribution in [0.4, 0.5) is 0 Å². The van der Waals surface area contributed by atoms with E-state index < -0.39 is 0 Å². The van der Waals surface area contributed by atoms with E-state index in [4.69, 9.17) is 4.74 Å². The SMILES string of the molecule is OC(C1=CCCO1)C1C2CCc3ccccc3C21. The predicted octanol–water partition coefficient (Wildman–Crippen LogP) is 2.63. The summed E-state index contributed by atoms with van der Waals surface area (Å²) in [6, 6.07) is 8.71. The van der Waals surface area contributed by atoms with Crippen molar-refractivity contribution in [1.29, 1.82) is 0 Å². The second-order valence-corrected chi connectivity index (χ2v) is 5.69. The van der Waals surface area contributed by atoms with Crippen molar-refractivity contribution < 1.29 is 9.84 Å². The standard InChI is InChI=1S/C16H18O2/c17-16(13-6-3-9-18-13)15-12-8-7-10-4-1-2-5-11(10)14(12)15/h1-2,4-6,12,14-17H,3,7-9H2. The van der Waals surface area contributed by atoms with Gasteiger partial charge in [0.15, 0.2) is 0 Å². The molecule has 1 heterocycles. The van der Waals surface area contributed by atoms with Crippen molar-refractivity contribution >= 4 is 0 Å². The van der Waals surface area contributed by atoms with Gasteiger partial charge in [-0.15, -0.1) is 0 Å². The Morgan fingerprint density at radius 2 is 2.17 bits per heavy atom.